The maximum atomic E-state index is 6.07. The summed E-state index contributed by atoms with van der Waals surface area (Å²) in [6, 6.07) is 0. The van der Waals surface area contributed by atoms with E-state index in [1.54, 1.807) is 5.57 Å². The summed E-state index contributed by atoms with van der Waals surface area (Å²) in [5.41, 5.74) is 9.37. The van der Waals surface area contributed by atoms with Crippen molar-refractivity contribution < 1.29 is 0 Å². The lowest BCUT2D eigenvalue weighted by molar-refractivity contribution is 0.602. The molecule has 0 fully saturated rings. The van der Waals surface area contributed by atoms with Crippen molar-refractivity contribution >= 4 is 11.5 Å². The van der Waals surface area contributed by atoms with Crippen LogP contribution in [0.3, 0.4) is 0 Å². The highest BCUT2D eigenvalue weighted by atomic mass is 15.3. The Hall–Kier alpha value is -1.45. The van der Waals surface area contributed by atoms with Crippen LogP contribution in [0.15, 0.2) is 11.6 Å². The van der Waals surface area contributed by atoms with Gasteiger partial charge in [-0.2, -0.15) is 5.10 Å². The minimum Gasteiger partial charge on any atom is -0.394 e. The van der Waals surface area contributed by atoms with Crippen LogP contribution in [0.25, 0.3) is 0 Å². The van der Waals surface area contributed by atoms with E-state index in [1.807, 2.05) is 11.6 Å². The summed E-state index contributed by atoms with van der Waals surface area (Å²) in [6.07, 6.45) is 8.41. The highest BCUT2D eigenvalue weighted by Crippen LogP contribution is 2.24. The molecule has 0 bridgehead atoms. The Bertz CT molecular complexity index is 431. The van der Waals surface area contributed by atoms with Gasteiger partial charge >= 0.3 is 0 Å². The summed E-state index contributed by atoms with van der Waals surface area (Å²) >= 11 is 0. The number of nitrogens with two attached hydrogens (primary N) is 1. The third-order valence-corrected chi connectivity index (χ3v) is 3.48. The Kier molecular flexibility index (Phi) is 4.28. The summed E-state index contributed by atoms with van der Waals surface area (Å²) in [6.45, 7) is 5.99. The van der Waals surface area contributed by atoms with Crippen LogP contribution in [0.2, 0.25) is 0 Å². The highest BCUT2D eigenvalue weighted by Gasteiger charge is 2.11. The van der Waals surface area contributed by atoms with Gasteiger partial charge in [-0.05, 0) is 39.0 Å². The Labute approximate surface area is 109 Å². The molecule has 1 aromatic rings. The molecule has 0 atom stereocenters. The molecule has 0 spiro atoms. The van der Waals surface area contributed by atoms with Crippen molar-refractivity contribution in [3.05, 3.63) is 17.3 Å². The lowest BCUT2D eigenvalue weighted by Gasteiger charge is -2.10. The number of hydrogen-bond donors (Lipinski definition) is 2. The van der Waals surface area contributed by atoms with Gasteiger partial charge in [-0.1, -0.05) is 18.6 Å². The minimum atomic E-state index is 0.795. The van der Waals surface area contributed by atoms with E-state index >= 15 is 0 Å². The molecule has 2 rings (SSSR count). The van der Waals surface area contributed by atoms with E-state index in [0.717, 1.165) is 43.1 Å². The molecule has 0 radical (unpaired) electrons. The van der Waals surface area contributed by atoms with Gasteiger partial charge in [-0.3, -0.25) is 0 Å². The average molecular weight is 248 g/mol. The van der Waals surface area contributed by atoms with Crippen LogP contribution in [0.4, 0.5) is 11.5 Å². The second-order valence-electron chi connectivity index (χ2n) is 5.00. The molecule has 1 aliphatic rings. The first-order valence-electron chi connectivity index (χ1n) is 6.97. The zero-order valence-electron chi connectivity index (χ0n) is 11.5. The van der Waals surface area contributed by atoms with E-state index in [-0.39, 0.29) is 0 Å². The number of hydrogen-bond acceptors (Lipinski definition) is 3. The molecule has 0 saturated carbocycles. The molecule has 0 aromatic carbocycles. The van der Waals surface area contributed by atoms with Gasteiger partial charge in [0.1, 0.15) is 5.82 Å². The molecule has 100 valence electrons. The molecule has 0 aliphatic heterocycles. The number of allylic oxidation sites excluding steroid dienone is 1. The second kappa shape index (κ2) is 5.94. The maximum Gasteiger partial charge on any atom is 0.148 e. The van der Waals surface area contributed by atoms with Crippen LogP contribution in [-0.2, 0) is 6.54 Å². The van der Waals surface area contributed by atoms with Crippen molar-refractivity contribution in [2.75, 3.05) is 17.6 Å². The molecule has 1 heterocycles. The van der Waals surface area contributed by atoms with Gasteiger partial charge in [0.25, 0.3) is 0 Å². The zero-order chi connectivity index (χ0) is 13.0. The van der Waals surface area contributed by atoms with Crippen LogP contribution in [0, 0.1) is 6.92 Å². The summed E-state index contributed by atoms with van der Waals surface area (Å²) in [5, 5.41) is 7.91. The Balaban J connectivity index is 1.94. The van der Waals surface area contributed by atoms with E-state index in [1.165, 1.54) is 19.3 Å². The van der Waals surface area contributed by atoms with E-state index in [0.29, 0.717) is 0 Å². The molecule has 18 heavy (non-hydrogen) atoms. The predicted molar refractivity (Wildman–Crippen MR) is 76.7 cm³/mol. The third-order valence-electron chi connectivity index (χ3n) is 3.48. The summed E-state index contributed by atoms with van der Waals surface area (Å²) < 4.78 is 1.99. The van der Waals surface area contributed by atoms with Gasteiger partial charge in [0, 0.05) is 13.1 Å². The van der Waals surface area contributed by atoms with Crippen LogP contribution in [-0.4, -0.2) is 16.3 Å². The Morgan fingerprint density at radius 2 is 2.33 bits per heavy atom. The molecule has 0 amide bonds. The van der Waals surface area contributed by atoms with Crippen LogP contribution < -0.4 is 11.1 Å². The summed E-state index contributed by atoms with van der Waals surface area (Å²) in [4.78, 5) is 0. The largest absolute Gasteiger partial charge is 0.394 e. The van der Waals surface area contributed by atoms with Gasteiger partial charge in [-0.15, -0.1) is 0 Å². The quantitative estimate of drug-likeness (QED) is 0.761. The lowest BCUT2D eigenvalue weighted by atomic mass is 10.2. The summed E-state index contributed by atoms with van der Waals surface area (Å²) in [7, 11) is 0. The molecule has 1 aromatic heterocycles. The molecular weight excluding hydrogens is 224 g/mol. The first kappa shape index (κ1) is 13.0. The average Bonchev–Trinajstić information content (AvgIpc) is 2.94. The second-order valence-corrected chi connectivity index (χ2v) is 5.00. The number of nitrogens with zero attached hydrogens (tertiary/aromatic N) is 2. The van der Waals surface area contributed by atoms with Crippen molar-refractivity contribution in [2.24, 2.45) is 0 Å². The van der Waals surface area contributed by atoms with Crippen molar-refractivity contribution in [3.63, 3.8) is 0 Å². The van der Waals surface area contributed by atoms with Gasteiger partial charge in [0.15, 0.2) is 0 Å². The fourth-order valence-electron chi connectivity index (χ4n) is 2.46. The standard InChI is InChI=1S/C14H24N4/c1-3-10-18-14(13(15)11(2)17-18)16-9-8-12-6-4-5-7-12/h6,16H,3-5,7-10,15H2,1-2H3. The van der Waals surface area contributed by atoms with Gasteiger partial charge < -0.3 is 11.1 Å². The molecule has 1 aliphatic carbocycles. The zero-order valence-corrected chi connectivity index (χ0v) is 11.5. The molecule has 3 N–H and O–H groups in total. The number of nitrogen functional groups attached to an aromatic ring is 1. The first-order chi connectivity index (χ1) is 8.72. The molecule has 0 saturated heterocycles. The predicted octanol–water partition coefficient (Wildman–Crippen LogP) is 3.10. The molecular formula is C14H24N4. The van der Waals surface area contributed by atoms with Crippen molar-refractivity contribution in [2.45, 2.75) is 52.5 Å². The SMILES string of the molecule is CCCn1nc(C)c(N)c1NCCC1=CCCC1. The third kappa shape index (κ3) is 2.86. The number of anilines is 2. The summed E-state index contributed by atoms with van der Waals surface area (Å²) in [5.74, 6) is 0.993. The monoisotopic (exact) mass is 248 g/mol. The smallest absolute Gasteiger partial charge is 0.148 e. The van der Waals surface area contributed by atoms with E-state index in [9.17, 15) is 0 Å². The number of aryl methyl sites for hydroxylation is 2. The lowest BCUT2D eigenvalue weighted by Crippen LogP contribution is -2.10. The number of nitrogens with one attached hydrogen (secondary N) is 1. The maximum absolute atomic E-state index is 6.07. The number of aromatic nitrogens is 2. The molecule has 4 nitrogen and oxygen atoms in total. The number of rotatable bonds is 6. The van der Waals surface area contributed by atoms with Crippen LogP contribution in [0.5, 0.6) is 0 Å². The van der Waals surface area contributed by atoms with Crippen molar-refractivity contribution in [1.29, 1.82) is 0 Å². The van der Waals surface area contributed by atoms with Gasteiger partial charge in [0.05, 0.1) is 11.4 Å². The normalized spacial score (nSPS) is 14.9. The Morgan fingerprint density at radius 1 is 1.50 bits per heavy atom. The molecule has 4 heteroatoms. The van der Waals surface area contributed by atoms with E-state index in [2.05, 4.69) is 23.4 Å². The molecule has 0 unspecified atom stereocenters. The fraction of sp³-hybridized carbons (Fsp3) is 0.643. The first-order valence-corrected chi connectivity index (χ1v) is 6.97. The topological polar surface area (TPSA) is 55.9 Å². The van der Waals surface area contributed by atoms with Gasteiger partial charge in [0.2, 0.25) is 0 Å². The highest BCUT2D eigenvalue weighted by molar-refractivity contribution is 5.64. The Morgan fingerprint density at radius 3 is 3.00 bits per heavy atom. The van der Waals surface area contributed by atoms with E-state index < -0.39 is 0 Å². The van der Waals surface area contributed by atoms with Crippen molar-refractivity contribution in [3.8, 4) is 0 Å². The van der Waals surface area contributed by atoms with Crippen molar-refractivity contribution in [1.82, 2.24) is 9.78 Å². The fourth-order valence-corrected chi connectivity index (χ4v) is 2.46. The van der Waals surface area contributed by atoms with Gasteiger partial charge in [-0.25, -0.2) is 4.68 Å². The van der Waals surface area contributed by atoms with Crippen LogP contribution in [0.1, 0.15) is 44.7 Å². The minimum absolute atomic E-state index is 0.795. The van der Waals surface area contributed by atoms with Crippen LogP contribution >= 0.6 is 0 Å². The van der Waals surface area contributed by atoms with E-state index in [4.69, 9.17) is 5.73 Å².